The van der Waals surface area contributed by atoms with Gasteiger partial charge in [-0.15, -0.1) is 0 Å². The first-order chi connectivity index (χ1) is 3.25. The quantitative estimate of drug-likeness (QED) is 0.340. The van der Waals surface area contributed by atoms with Gasteiger partial charge in [-0.3, -0.25) is 4.55 Å². The summed E-state index contributed by atoms with van der Waals surface area (Å²) in [7, 11) is -5.84. The summed E-state index contributed by atoms with van der Waals surface area (Å²) in [4.78, 5) is 0. The maximum atomic E-state index is 10.7. The molecular weight excluding hydrogens is 189 g/mol. The van der Waals surface area contributed by atoms with Crippen LogP contribution in [0.5, 0.6) is 0 Å². The molecule has 0 bridgehead atoms. The summed E-state index contributed by atoms with van der Waals surface area (Å²) in [6, 6.07) is 0. The minimum atomic E-state index is -5.84. The van der Waals surface area contributed by atoms with E-state index in [0.29, 0.717) is 0 Å². The zero-order chi connectivity index (χ0) is 7.00. The molecule has 0 amide bonds. The molecule has 0 heterocycles. The number of alkyl halides is 3. The van der Waals surface area contributed by atoms with Gasteiger partial charge in [-0.05, 0) is 0 Å². The van der Waals surface area contributed by atoms with Crippen molar-refractivity contribution in [2.75, 3.05) is 0 Å². The van der Waals surface area contributed by atoms with Gasteiger partial charge in [0.05, 0.1) is 0 Å². The molecule has 0 aliphatic heterocycles. The van der Waals surface area contributed by atoms with Gasteiger partial charge in [0.25, 0.3) is 0 Å². The number of halogens is 3. The second-order valence-corrected chi connectivity index (χ2v) is 2.33. The molecule has 54 valence electrons. The predicted octanol–water partition coefficient (Wildman–Crippen LogP) is 0.238. The third-order valence-corrected chi connectivity index (χ3v) is 0.877. The Morgan fingerprint density at radius 1 is 1.33 bits per heavy atom. The molecule has 0 rings (SSSR count). The molecule has 1 N–H and O–H groups in total. The molecule has 0 aromatic heterocycles. The maximum absolute atomic E-state index is 10.7. The summed E-state index contributed by atoms with van der Waals surface area (Å²) in [5.74, 6) is 0. The van der Waals surface area contributed by atoms with Crippen molar-refractivity contribution in [3.63, 3.8) is 0 Å². The standard InChI is InChI=1S/CHF3O3S.Ca.2H/c2-1(3,4)8(5,6)7;;;/h(H,5,6,7);;;/q;+2;2*-1. The van der Waals surface area contributed by atoms with Gasteiger partial charge in [0.15, 0.2) is 0 Å². The molecule has 0 aromatic carbocycles. The number of hydrogen-bond acceptors (Lipinski definition) is 2. The zero-order valence-electron chi connectivity index (χ0n) is 6.01. The molecule has 0 aromatic rings. The Labute approximate surface area is 81.9 Å². The fourth-order valence-corrected chi connectivity index (χ4v) is 0. The molecular formula is CH3CaF3O3S. The summed E-state index contributed by atoms with van der Waals surface area (Å²) in [5.41, 5.74) is -5.53. The van der Waals surface area contributed by atoms with Crippen LogP contribution in [-0.2, 0) is 10.1 Å². The molecule has 0 saturated carbocycles. The fourth-order valence-electron chi connectivity index (χ4n) is 0. The number of rotatable bonds is 0. The van der Waals surface area contributed by atoms with Crippen LogP contribution in [0.15, 0.2) is 0 Å². The van der Waals surface area contributed by atoms with Crippen LogP contribution in [0, 0.1) is 0 Å². The van der Waals surface area contributed by atoms with Crippen molar-refractivity contribution in [2.24, 2.45) is 0 Å². The normalized spacial score (nSPS) is 12.4. The van der Waals surface area contributed by atoms with Gasteiger partial charge in [-0.25, -0.2) is 0 Å². The Bertz CT molecular complexity index is 176. The SMILES string of the molecule is O=S(=O)(O)C(F)(F)F.[Ca+2].[H-].[H-]. The summed E-state index contributed by atoms with van der Waals surface area (Å²) >= 11 is 0. The third kappa shape index (κ3) is 4.38. The van der Waals surface area contributed by atoms with Gasteiger partial charge < -0.3 is 2.85 Å². The van der Waals surface area contributed by atoms with Crippen LogP contribution in [0.3, 0.4) is 0 Å². The Morgan fingerprint density at radius 3 is 1.44 bits per heavy atom. The molecule has 0 fully saturated rings. The zero-order valence-corrected chi connectivity index (χ0v) is 7.04. The molecule has 0 atom stereocenters. The van der Waals surface area contributed by atoms with Crippen LogP contribution in [0.1, 0.15) is 2.85 Å². The van der Waals surface area contributed by atoms with E-state index in [1.165, 1.54) is 0 Å². The van der Waals surface area contributed by atoms with E-state index in [2.05, 4.69) is 0 Å². The summed E-state index contributed by atoms with van der Waals surface area (Å²) in [6.07, 6.45) is 0. The first-order valence-corrected chi connectivity index (χ1v) is 2.73. The largest absolute Gasteiger partial charge is 2.00 e. The van der Waals surface area contributed by atoms with Crippen molar-refractivity contribution >= 4 is 47.9 Å². The van der Waals surface area contributed by atoms with Gasteiger partial charge in [0.1, 0.15) is 0 Å². The van der Waals surface area contributed by atoms with E-state index in [0.717, 1.165) is 0 Å². The van der Waals surface area contributed by atoms with Crippen LogP contribution < -0.4 is 0 Å². The van der Waals surface area contributed by atoms with E-state index >= 15 is 0 Å². The van der Waals surface area contributed by atoms with Gasteiger partial charge in [0, 0.05) is 0 Å². The Balaban J connectivity index is -0.0000000817. The topological polar surface area (TPSA) is 54.4 Å². The summed E-state index contributed by atoms with van der Waals surface area (Å²) in [6.45, 7) is 0. The van der Waals surface area contributed by atoms with E-state index in [4.69, 9.17) is 13.0 Å². The third-order valence-electron chi connectivity index (χ3n) is 0.292. The van der Waals surface area contributed by atoms with E-state index in [-0.39, 0.29) is 40.6 Å². The molecule has 0 aliphatic carbocycles. The van der Waals surface area contributed by atoms with E-state index in [9.17, 15) is 13.2 Å². The van der Waals surface area contributed by atoms with Crippen LogP contribution >= 0.6 is 0 Å². The first-order valence-electron chi connectivity index (χ1n) is 1.29. The van der Waals surface area contributed by atoms with Crippen LogP contribution in [0.4, 0.5) is 13.2 Å². The van der Waals surface area contributed by atoms with Crippen molar-refractivity contribution in [3.05, 3.63) is 0 Å². The van der Waals surface area contributed by atoms with Crippen LogP contribution in [-0.4, -0.2) is 56.2 Å². The van der Waals surface area contributed by atoms with Crippen molar-refractivity contribution in [2.45, 2.75) is 5.51 Å². The fraction of sp³-hybridized carbons (Fsp3) is 1.00. The molecule has 0 radical (unpaired) electrons. The Morgan fingerprint density at radius 2 is 1.44 bits per heavy atom. The average molecular weight is 192 g/mol. The molecule has 0 unspecified atom stereocenters. The second kappa shape index (κ2) is 3.38. The second-order valence-electron chi connectivity index (χ2n) is 0.921. The van der Waals surface area contributed by atoms with E-state index in [1.54, 1.807) is 0 Å². The van der Waals surface area contributed by atoms with Crippen LogP contribution in [0.25, 0.3) is 0 Å². The van der Waals surface area contributed by atoms with Gasteiger partial charge in [-0.1, -0.05) is 0 Å². The van der Waals surface area contributed by atoms with Gasteiger partial charge >= 0.3 is 53.4 Å². The molecule has 0 spiro atoms. The van der Waals surface area contributed by atoms with E-state index < -0.39 is 15.6 Å². The van der Waals surface area contributed by atoms with Crippen molar-refractivity contribution in [1.29, 1.82) is 0 Å². The minimum absolute atomic E-state index is 0. The molecule has 8 heteroatoms. The molecule has 3 nitrogen and oxygen atoms in total. The van der Waals surface area contributed by atoms with Gasteiger partial charge in [-0.2, -0.15) is 21.6 Å². The Kier molecular flexibility index (Phi) is 4.74. The Hall–Kier alpha value is 0.960. The van der Waals surface area contributed by atoms with E-state index in [1.807, 2.05) is 0 Å². The molecule has 0 saturated heterocycles. The van der Waals surface area contributed by atoms with Gasteiger partial charge in [0.2, 0.25) is 0 Å². The smallest absolute Gasteiger partial charge is 1.00 e. The summed E-state index contributed by atoms with van der Waals surface area (Å²) < 4.78 is 57.5. The predicted molar refractivity (Wildman–Crippen MR) is 25.6 cm³/mol. The van der Waals surface area contributed by atoms with Crippen LogP contribution in [0.2, 0.25) is 0 Å². The number of hydrogen-bond donors (Lipinski definition) is 1. The van der Waals surface area contributed by atoms with Crippen molar-refractivity contribution in [3.8, 4) is 0 Å². The monoisotopic (exact) mass is 192 g/mol. The van der Waals surface area contributed by atoms with Crippen molar-refractivity contribution < 1.29 is 29.0 Å². The molecule has 9 heavy (non-hydrogen) atoms. The minimum Gasteiger partial charge on any atom is -1.00 e. The maximum Gasteiger partial charge on any atom is 2.00 e. The molecule has 0 aliphatic rings. The first kappa shape index (κ1) is 12.6. The average Bonchev–Trinajstić information content (AvgIpc) is 1.25. The van der Waals surface area contributed by atoms with Crippen molar-refractivity contribution in [1.82, 2.24) is 0 Å². The summed E-state index contributed by atoms with van der Waals surface area (Å²) in [5, 5.41) is 0.